The van der Waals surface area contributed by atoms with Crippen molar-refractivity contribution in [3.05, 3.63) is 23.3 Å². The minimum Gasteiger partial charge on any atom is -0.496 e. The highest BCUT2D eigenvalue weighted by molar-refractivity contribution is 5.46. The maximum atomic E-state index is 9.08. The molecule has 3 nitrogen and oxygen atoms in total. The third-order valence-electron chi connectivity index (χ3n) is 2.73. The Kier molecular flexibility index (Phi) is 4.01. The van der Waals surface area contributed by atoms with Crippen LogP contribution in [0.1, 0.15) is 25.0 Å². The molecule has 1 aromatic carbocycles. The predicted molar refractivity (Wildman–Crippen MR) is 67.4 cm³/mol. The Morgan fingerprint density at radius 3 is 2.24 bits per heavy atom. The lowest BCUT2D eigenvalue weighted by molar-refractivity contribution is 0.388. The molecule has 0 bridgehead atoms. The van der Waals surface area contributed by atoms with Gasteiger partial charge in [-0.2, -0.15) is 5.26 Å². The third-order valence-corrected chi connectivity index (χ3v) is 2.73. The second kappa shape index (κ2) is 5.09. The van der Waals surface area contributed by atoms with E-state index in [9.17, 15) is 0 Å². The van der Waals surface area contributed by atoms with Gasteiger partial charge in [-0.15, -0.1) is 0 Å². The van der Waals surface area contributed by atoms with Crippen molar-refractivity contribution >= 4 is 0 Å². The number of rotatable bonds is 4. The predicted octanol–water partition coefficient (Wildman–Crippen LogP) is 3.10. The molecule has 0 N–H and O–H groups in total. The zero-order valence-electron chi connectivity index (χ0n) is 11.1. The third kappa shape index (κ3) is 3.13. The molecule has 0 aliphatic heterocycles. The molecular weight excluding hydrogens is 214 g/mol. The van der Waals surface area contributed by atoms with Crippen molar-refractivity contribution in [2.75, 3.05) is 14.2 Å². The van der Waals surface area contributed by atoms with E-state index >= 15 is 0 Å². The second-order valence-corrected chi connectivity index (χ2v) is 4.81. The molecule has 0 fully saturated rings. The van der Waals surface area contributed by atoms with E-state index in [2.05, 4.69) is 6.07 Å². The van der Waals surface area contributed by atoms with Crippen LogP contribution in [-0.2, 0) is 6.42 Å². The van der Waals surface area contributed by atoms with E-state index in [4.69, 9.17) is 14.7 Å². The second-order valence-electron chi connectivity index (χ2n) is 4.81. The normalized spacial score (nSPS) is 10.8. The molecule has 17 heavy (non-hydrogen) atoms. The van der Waals surface area contributed by atoms with Crippen molar-refractivity contribution in [1.82, 2.24) is 0 Å². The van der Waals surface area contributed by atoms with Gasteiger partial charge in [-0.3, -0.25) is 0 Å². The number of hydrogen-bond donors (Lipinski definition) is 0. The standard InChI is InChI=1S/C14H19NO2/c1-10-6-13(17-5)11(7-12(10)16-4)8-14(2,3)9-15/h6-7H,8H2,1-5H3. The molecule has 1 rings (SSSR count). The summed E-state index contributed by atoms with van der Waals surface area (Å²) in [5.41, 5.74) is 1.62. The maximum Gasteiger partial charge on any atom is 0.122 e. The van der Waals surface area contributed by atoms with Crippen molar-refractivity contribution in [3.8, 4) is 17.6 Å². The lowest BCUT2D eigenvalue weighted by Gasteiger charge is -2.19. The van der Waals surface area contributed by atoms with Crippen LogP contribution in [0.4, 0.5) is 0 Å². The molecule has 1 aromatic rings. The molecule has 92 valence electrons. The van der Waals surface area contributed by atoms with Crippen LogP contribution in [-0.4, -0.2) is 14.2 Å². The fraction of sp³-hybridized carbons (Fsp3) is 0.500. The molecule has 0 saturated carbocycles. The Balaban J connectivity index is 3.18. The molecule has 0 amide bonds. The van der Waals surface area contributed by atoms with Crippen molar-refractivity contribution in [2.45, 2.75) is 27.2 Å². The molecule has 0 aromatic heterocycles. The summed E-state index contributed by atoms with van der Waals surface area (Å²) in [4.78, 5) is 0. The highest BCUT2D eigenvalue weighted by Crippen LogP contribution is 2.32. The van der Waals surface area contributed by atoms with E-state index in [-0.39, 0.29) is 0 Å². The fourth-order valence-electron chi connectivity index (χ4n) is 1.77. The topological polar surface area (TPSA) is 42.2 Å². The molecule has 0 radical (unpaired) electrons. The smallest absolute Gasteiger partial charge is 0.122 e. The summed E-state index contributed by atoms with van der Waals surface area (Å²) < 4.78 is 10.6. The Morgan fingerprint density at radius 2 is 1.76 bits per heavy atom. The lowest BCUT2D eigenvalue weighted by atomic mass is 9.86. The number of benzene rings is 1. The first kappa shape index (κ1) is 13.4. The Morgan fingerprint density at radius 1 is 1.18 bits per heavy atom. The van der Waals surface area contributed by atoms with Crippen molar-refractivity contribution in [2.24, 2.45) is 5.41 Å². The van der Waals surface area contributed by atoms with Gasteiger partial charge in [-0.25, -0.2) is 0 Å². The summed E-state index contributed by atoms with van der Waals surface area (Å²) >= 11 is 0. The molecule has 0 aliphatic rings. The van der Waals surface area contributed by atoms with Crippen molar-refractivity contribution < 1.29 is 9.47 Å². The van der Waals surface area contributed by atoms with Crippen LogP contribution in [0.5, 0.6) is 11.5 Å². The van der Waals surface area contributed by atoms with Gasteiger partial charge in [-0.05, 0) is 50.5 Å². The minimum atomic E-state index is -0.409. The zero-order chi connectivity index (χ0) is 13.1. The monoisotopic (exact) mass is 233 g/mol. The summed E-state index contributed by atoms with van der Waals surface area (Å²) in [5, 5.41) is 9.08. The van der Waals surface area contributed by atoms with E-state index in [0.717, 1.165) is 22.6 Å². The quantitative estimate of drug-likeness (QED) is 0.802. The Bertz CT molecular complexity index is 444. The van der Waals surface area contributed by atoms with Gasteiger partial charge in [0, 0.05) is 0 Å². The maximum absolute atomic E-state index is 9.08. The van der Waals surface area contributed by atoms with E-state index < -0.39 is 5.41 Å². The van der Waals surface area contributed by atoms with Crippen molar-refractivity contribution in [1.29, 1.82) is 5.26 Å². The van der Waals surface area contributed by atoms with Crippen molar-refractivity contribution in [3.63, 3.8) is 0 Å². The number of nitrogens with zero attached hydrogens (tertiary/aromatic N) is 1. The van der Waals surface area contributed by atoms with Gasteiger partial charge in [0.05, 0.1) is 25.7 Å². The average Bonchev–Trinajstić information content (AvgIpc) is 2.30. The van der Waals surface area contributed by atoms with Gasteiger partial charge < -0.3 is 9.47 Å². The van der Waals surface area contributed by atoms with E-state index in [1.54, 1.807) is 14.2 Å². The molecule has 0 atom stereocenters. The van der Waals surface area contributed by atoms with E-state index in [1.165, 1.54) is 0 Å². The minimum absolute atomic E-state index is 0.409. The molecule has 3 heteroatoms. The van der Waals surface area contributed by atoms with Crippen LogP contribution in [0.15, 0.2) is 12.1 Å². The highest BCUT2D eigenvalue weighted by Gasteiger charge is 2.20. The van der Waals surface area contributed by atoms with Gasteiger partial charge in [0.15, 0.2) is 0 Å². The summed E-state index contributed by atoms with van der Waals surface area (Å²) in [5.74, 6) is 1.64. The SMILES string of the molecule is COc1cc(CC(C)(C)C#N)c(OC)cc1C. The van der Waals surface area contributed by atoms with Crippen LogP contribution >= 0.6 is 0 Å². The summed E-state index contributed by atoms with van der Waals surface area (Å²) in [6.07, 6.45) is 0.642. The first-order valence-corrected chi connectivity index (χ1v) is 5.56. The van der Waals surface area contributed by atoms with Crippen LogP contribution in [0, 0.1) is 23.7 Å². The van der Waals surface area contributed by atoms with Gasteiger partial charge in [0.25, 0.3) is 0 Å². The summed E-state index contributed by atoms with van der Waals surface area (Å²) in [7, 11) is 3.29. The number of ether oxygens (including phenoxy) is 2. The number of hydrogen-bond acceptors (Lipinski definition) is 3. The molecule has 0 saturated heterocycles. The number of nitriles is 1. The molecule has 0 aliphatic carbocycles. The average molecular weight is 233 g/mol. The molecular formula is C14H19NO2. The molecule has 0 spiro atoms. The van der Waals surface area contributed by atoms with E-state index in [0.29, 0.717) is 6.42 Å². The summed E-state index contributed by atoms with van der Waals surface area (Å²) in [6.45, 7) is 5.80. The Labute approximate surface area is 103 Å². The van der Waals surface area contributed by atoms with Gasteiger partial charge in [0.1, 0.15) is 11.5 Å². The van der Waals surface area contributed by atoms with Crippen LogP contribution in [0.2, 0.25) is 0 Å². The van der Waals surface area contributed by atoms with Crippen LogP contribution < -0.4 is 9.47 Å². The first-order chi connectivity index (χ1) is 7.93. The van der Waals surface area contributed by atoms with Gasteiger partial charge in [-0.1, -0.05) is 0 Å². The largest absolute Gasteiger partial charge is 0.496 e. The van der Waals surface area contributed by atoms with Gasteiger partial charge in [0.2, 0.25) is 0 Å². The molecule has 0 heterocycles. The number of methoxy groups -OCH3 is 2. The van der Waals surface area contributed by atoms with Crippen LogP contribution in [0.25, 0.3) is 0 Å². The first-order valence-electron chi connectivity index (χ1n) is 5.56. The van der Waals surface area contributed by atoms with Crippen LogP contribution in [0.3, 0.4) is 0 Å². The van der Waals surface area contributed by atoms with E-state index in [1.807, 2.05) is 32.9 Å². The van der Waals surface area contributed by atoms with Gasteiger partial charge >= 0.3 is 0 Å². The summed E-state index contributed by atoms with van der Waals surface area (Å²) in [6, 6.07) is 6.19. The fourth-order valence-corrected chi connectivity index (χ4v) is 1.77. The lowest BCUT2D eigenvalue weighted by Crippen LogP contribution is -2.12. The Hall–Kier alpha value is -1.69. The highest BCUT2D eigenvalue weighted by atomic mass is 16.5. The zero-order valence-corrected chi connectivity index (χ0v) is 11.1. The molecule has 0 unspecified atom stereocenters. The number of aryl methyl sites for hydroxylation is 1.